The van der Waals surface area contributed by atoms with Crippen molar-refractivity contribution in [2.75, 3.05) is 39.1 Å². The molecule has 0 bridgehead atoms. The van der Waals surface area contributed by atoms with Crippen molar-refractivity contribution in [2.45, 2.75) is 38.8 Å². The highest BCUT2D eigenvalue weighted by Crippen LogP contribution is 2.29. The van der Waals surface area contributed by atoms with Gasteiger partial charge in [0.05, 0.1) is 25.5 Å². The zero-order valence-corrected chi connectivity index (χ0v) is 20.0. The van der Waals surface area contributed by atoms with E-state index >= 15 is 0 Å². The van der Waals surface area contributed by atoms with Crippen LogP contribution in [0.15, 0.2) is 48.5 Å². The number of likely N-dealkylation sites (N-methyl/N-ethyl adjacent to an activating group) is 1. The van der Waals surface area contributed by atoms with Gasteiger partial charge in [0.2, 0.25) is 11.8 Å². The summed E-state index contributed by atoms with van der Waals surface area (Å²) in [5, 5.41) is 12.7. The number of carbonyl (C=O) groups is 2. The van der Waals surface area contributed by atoms with Gasteiger partial charge >= 0.3 is 0 Å². The van der Waals surface area contributed by atoms with Gasteiger partial charge in [-0.15, -0.1) is 0 Å². The van der Waals surface area contributed by atoms with Crippen LogP contribution >= 0.6 is 0 Å². The molecule has 1 aliphatic rings. The maximum absolute atomic E-state index is 13.2. The van der Waals surface area contributed by atoms with Crippen molar-refractivity contribution < 1.29 is 19.4 Å². The molecule has 7 nitrogen and oxygen atoms in total. The number of aliphatic hydroxyl groups excluding tert-OH is 1. The van der Waals surface area contributed by atoms with E-state index in [2.05, 4.69) is 17.1 Å². The number of anilines is 1. The maximum atomic E-state index is 13.2. The van der Waals surface area contributed by atoms with Gasteiger partial charge in [-0.1, -0.05) is 37.3 Å². The van der Waals surface area contributed by atoms with Crippen molar-refractivity contribution in [3.05, 3.63) is 59.7 Å². The minimum absolute atomic E-state index is 0.0634. The van der Waals surface area contributed by atoms with Crippen molar-refractivity contribution >= 4 is 17.5 Å². The third-order valence-corrected chi connectivity index (χ3v) is 5.95. The predicted molar refractivity (Wildman–Crippen MR) is 129 cm³/mol. The van der Waals surface area contributed by atoms with Crippen LogP contribution in [-0.4, -0.2) is 72.7 Å². The van der Waals surface area contributed by atoms with Crippen LogP contribution in [0, 0.1) is 5.92 Å². The zero-order valence-electron chi connectivity index (χ0n) is 20.0. The minimum atomic E-state index is -0.282. The third kappa shape index (κ3) is 6.79. The lowest BCUT2D eigenvalue weighted by Gasteiger charge is -2.33. The molecular weight excluding hydrogens is 418 g/mol. The summed E-state index contributed by atoms with van der Waals surface area (Å²) in [6.07, 6.45) is 0.290. The van der Waals surface area contributed by atoms with E-state index in [0.717, 1.165) is 11.1 Å². The van der Waals surface area contributed by atoms with Crippen molar-refractivity contribution in [3.63, 3.8) is 0 Å². The molecule has 0 radical (unpaired) electrons. The van der Waals surface area contributed by atoms with Crippen molar-refractivity contribution in [1.82, 2.24) is 9.80 Å². The first-order valence-corrected chi connectivity index (χ1v) is 11.4. The summed E-state index contributed by atoms with van der Waals surface area (Å²) in [6, 6.07) is 14.8. The van der Waals surface area contributed by atoms with Gasteiger partial charge in [-0.3, -0.25) is 9.59 Å². The molecule has 1 aliphatic heterocycles. The Morgan fingerprint density at radius 2 is 1.97 bits per heavy atom. The molecule has 3 rings (SSSR count). The monoisotopic (exact) mass is 453 g/mol. The Morgan fingerprint density at radius 1 is 1.24 bits per heavy atom. The highest BCUT2D eigenvalue weighted by Gasteiger charge is 2.30. The van der Waals surface area contributed by atoms with Gasteiger partial charge in [0.1, 0.15) is 11.9 Å². The van der Waals surface area contributed by atoms with E-state index in [1.165, 1.54) is 0 Å². The SMILES string of the molecule is C[C@@H]1CN([C@@H](C)CO)C(=O)Cc2cc(NC(=O)Cc3ccccc3)ccc2O[C@@H]1CN(C)C. The van der Waals surface area contributed by atoms with Gasteiger partial charge in [-0.05, 0) is 44.8 Å². The molecule has 0 aliphatic carbocycles. The van der Waals surface area contributed by atoms with E-state index in [0.29, 0.717) is 24.5 Å². The molecule has 2 N–H and O–H groups in total. The number of aliphatic hydroxyl groups is 1. The summed E-state index contributed by atoms with van der Waals surface area (Å²) in [4.78, 5) is 29.5. The minimum Gasteiger partial charge on any atom is -0.488 e. The van der Waals surface area contributed by atoms with Gasteiger partial charge in [0.15, 0.2) is 0 Å². The number of fused-ring (bicyclic) bond motifs is 1. The molecule has 2 amide bonds. The average molecular weight is 454 g/mol. The highest BCUT2D eigenvalue weighted by atomic mass is 16.5. The van der Waals surface area contributed by atoms with Crippen LogP contribution in [0.1, 0.15) is 25.0 Å². The summed E-state index contributed by atoms with van der Waals surface area (Å²) in [6.45, 7) is 5.03. The number of benzene rings is 2. The number of rotatable bonds is 7. The molecule has 2 aromatic rings. The molecule has 0 fully saturated rings. The van der Waals surface area contributed by atoms with Gasteiger partial charge in [-0.25, -0.2) is 0 Å². The lowest BCUT2D eigenvalue weighted by molar-refractivity contribution is -0.134. The number of carbonyl (C=O) groups excluding carboxylic acids is 2. The van der Waals surface area contributed by atoms with E-state index in [9.17, 15) is 14.7 Å². The van der Waals surface area contributed by atoms with Crippen molar-refractivity contribution in [2.24, 2.45) is 5.92 Å². The lowest BCUT2D eigenvalue weighted by Crippen LogP contribution is -2.47. The van der Waals surface area contributed by atoms with Crippen LogP contribution in [0.3, 0.4) is 0 Å². The normalized spacial score (nSPS) is 19.7. The van der Waals surface area contributed by atoms with Crippen LogP contribution in [0.25, 0.3) is 0 Å². The molecule has 33 heavy (non-hydrogen) atoms. The number of hydrogen-bond acceptors (Lipinski definition) is 5. The average Bonchev–Trinajstić information content (AvgIpc) is 2.82. The number of ether oxygens (including phenoxy) is 1. The topological polar surface area (TPSA) is 82.1 Å². The first kappa shape index (κ1) is 24.7. The quantitative estimate of drug-likeness (QED) is 0.674. The molecule has 2 aromatic carbocycles. The van der Waals surface area contributed by atoms with Crippen LogP contribution < -0.4 is 10.1 Å². The third-order valence-electron chi connectivity index (χ3n) is 5.95. The molecule has 7 heteroatoms. The van der Waals surface area contributed by atoms with E-state index in [4.69, 9.17) is 4.74 Å². The molecular formula is C26H35N3O4. The second-order valence-electron chi connectivity index (χ2n) is 9.18. The van der Waals surface area contributed by atoms with Crippen LogP contribution in [0.4, 0.5) is 5.69 Å². The summed E-state index contributed by atoms with van der Waals surface area (Å²) >= 11 is 0. The largest absolute Gasteiger partial charge is 0.488 e. The van der Waals surface area contributed by atoms with E-state index in [1.807, 2.05) is 69.6 Å². The summed E-state index contributed by atoms with van der Waals surface area (Å²) < 4.78 is 6.41. The molecule has 178 valence electrons. The molecule has 0 spiro atoms. The second-order valence-corrected chi connectivity index (χ2v) is 9.18. The van der Waals surface area contributed by atoms with Gasteiger partial charge in [0.25, 0.3) is 0 Å². The standard InChI is InChI=1S/C26H35N3O4/c1-18-15-29(19(2)17-30)26(32)14-21-13-22(10-11-23(21)33-24(18)16-28(3)4)27-25(31)12-20-8-6-5-7-9-20/h5-11,13,18-19,24,30H,12,14-17H2,1-4H3,(H,27,31)/t18-,19+,24-/m1/s1. The molecule has 0 unspecified atom stereocenters. The van der Waals surface area contributed by atoms with E-state index in [-0.39, 0.29) is 49.3 Å². The van der Waals surface area contributed by atoms with Crippen LogP contribution in [-0.2, 0) is 22.4 Å². The zero-order chi connectivity index (χ0) is 24.0. The van der Waals surface area contributed by atoms with E-state index < -0.39 is 0 Å². The Morgan fingerprint density at radius 3 is 2.64 bits per heavy atom. The summed E-state index contributed by atoms with van der Waals surface area (Å²) in [5.41, 5.74) is 2.29. The van der Waals surface area contributed by atoms with Crippen molar-refractivity contribution in [1.29, 1.82) is 0 Å². The Kier molecular flexibility index (Phi) is 8.47. The summed E-state index contributed by atoms with van der Waals surface area (Å²) in [7, 11) is 3.99. The smallest absolute Gasteiger partial charge is 0.228 e. The molecule has 3 atom stereocenters. The first-order valence-electron chi connectivity index (χ1n) is 11.4. The Balaban J connectivity index is 1.86. The molecule has 1 heterocycles. The number of hydrogen-bond donors (Lipinski definition) is 2. The fourth-order valence-corrected chi connectivity index (χ4v) is 4.07. The predicted octanol–water partition coefficient (Wildman–Crippen LogP) is 2.58. The maximum Gasteiger partial charge on any atom is 0.228 e. The Labute approximate surface area is 196 Å². The fraction of sp³-hybridized carbons (Fsp3) is 0.462. The van der Waals surface area contributed by atoms with Gasteiger partial charge in [-0.2, -0.15) is 0 Å². The molecule has 0 saturated carbocycles. The Hall–Kier alpha value is -2.90. The van der Waals surface area contributed by atoms with Gasteiger partial charge in [0, 0.05) is 30.3 Å². The second kappa shape index (κ2) is 11.3. The number of amides is 2. The highest BCUT2D eigenvalue weighted by molar-refractivity contribution is 5.92. The van der Waals surface area contributed by atoms with Crippen LogP contribution in [0.2, 0.25) is 0 Å². The molecule has 0 aromatic heterocycles. The van der Waals surface area contributed by atoms with Crippen molar-refractivity contribution in [3.8, 4) is 5.75 Å². The number of nitrogens with zero attached hydrogens (tertiary/aromatic N) is 2. The Bertz CT molecular complexity index is 948. The first-order chi connectivity index (χ1) is 15.8. The lowest BCUT2D eigenvalue weighted by atomic mass is 10.0. The summed E-state index contributed by atoms with van der Waals surface area (Å²) in [5.74, 6) is 0.542. The molecule has 0 saturated heterocycles. The van der Waals surface area contributed by atoms with Crippen LogP contribution in [0.5, 0.6) is 5.75 Å². The van der Waals surface area contributed by atoms with E-state index in [1.54, 1.807) is 4.90 Å². The van der Waals surface area contributed by atoms with Gasteiger partial charge < -0.3 is 25.0 Å². The fourth-order valence-electron chi connectivity index (χ4n) is 4.07. The number of nitrogens with one attached hydrogen (secondary N) is 1.